The summed E-state index contributed by atoms with van der Waals surface area (Å²) in [7, 11) is -3.59. The maximum atomic E-state index is 12.9. The van der Waals surface area contributed by atoms with Crippen molar-refractivity contribution in [2.24, 2.45) is 0 Å². The summed E-state index contributed by atoms with van der Waals surface area (Å²) in [6, 6.07) is 3.50. The van der Waals surface area contributed by atoms with Crippen LogP contribution in [0.5, 0.6) is 0 Å². The summed E-state index contributed by atoms with van der Waals surface area (Å²) in [5.74, 6) is -0.479. The minimum atomic E-state index is -3.59. The van der Waals surface area contributed by atoms with Gasteiger partial charge < -0.3 is 5.32 Å². The van der Waals surface area contributed by atoms with Crippen molar-refractivity contribution in [1.29, 1.82) is 0 Å². The van der Waals surface area contributed by atoms with E-state index in [0.29, 0.717) is 13.0 Å². The molecule has 0 unspecified atom stereocenters. The summed E-state index contributed by atoms with van der Waals surface area (Å²) in [6.45, 7) is 3.94. The van der Waals surface area contributed by atoms with Crippen LogP contribution >= 0.6 is 15.9 Å². The van der Waals surface area contributed by atoms with E-state index < -0.39 is 15.8 Å². The Labute approximate surface area is 115 Å². The third-order valence-corrected chi connectivity index (χ3v) is 4.69. The molecule has 1 aromatic carbocycles. The van der Waals surface area contributed by atoms with E-state index in [-0.39, 0.29) is 9.37 Å². The van der Waals surface area contributed by atoms with Crippen LogP contribution in [0.2, 0.25) is 0 Å². The second kappa shape index (κ2) is 7.18. The molecule has 0 bridgehead atoms. The van der Waals surface area contributed by atoms with E-state index in [1.165, 1.54) is 6.07 Å². The fourth-order valence-electron chi connectivity index (χ4n) is 1.37. The van der Waals surface area contributed by atoms with Gasteiger partial charge in [0.25, 0.3) is 0 Å². The van der Waals surface area contributed by atoms with Crippen LogP contribution in [0.1, 0.15) is 13.3 Å². The van der Waals surface area contributed by atoms with Gasteiger partial charge in [0, 0.05) is 11.0 Å². The molecule has 0 aliphatic rings. The molecule has 1 aromatic rings. The van der Waals surface area contributed by atoms with Crippen LogP contribution < -0.4 is 10.0 Å². The average molecular weight is 339 g/mol. The molecule has 2 N–H and O–H groups in total. The molecule has 0 aliphatic heterocycles. The number of nitrogens with one attached hydrogen (secondary N) is 2. The highest BCUT2D eigenvalue weighted by Crippen LogP contribution is 2.22. The van der Waals surface area contributed by atoms with Crippen LogP contribution in [0.25, 0.3) is 0 Å². The van der Waals surface area contributed by atoms with E-state index in [4.69, 9.17) is 0 Å². The third kappa shape index (κ3) is 4.64. The summed E-state index contributed by atoms with van der Waals surface area (Å²) in [6.07, 6.45) is 0.700. The molecular formula is C11H16BrFN2O2S. The Morgan fingerprint density at radius 1 is 1.33 bits per heavy atom. The molecule has 0 atom stereocenters. The Morgan fingerprint density at radius 2 is 2.06 bits per heavy atom. The highest BCUT2D eigenvalue weighted by atomic mass is 79.9. The van der Waals surface area contributed by atoms with E-state index in [9.17, 15) is 12.8 Å². The first-order valence-corrected chi connectivity index (χ1v) is 7.90. The topological polar surface area (TPSA) is 58.2 Å². The zero-order valence-electron chi connectivity index (χ0n) is 10.0. The quantitative estimate of drug-likeness (QED) is 0.746. The molecule has 7 heteroatoms. The lowest BCUT2D eigenvalue weighted by Crippen LogP contribution is -2.27. The van der Waals surface area contributed by atoms with Gasteiger partial charge in [0.15, 0.2) is 0 Å². The van der Waals surface area contributed by atoms with Gasteiger partial charge in [-0.3, -0.25) is 0 Å². The highest BCUT2D eigenvalue weighted by molar-refractivity contribution is 9.10. The molecule has 0 fully saturated rings. The van der Waals surface area contributed by atoms with Gasteiger partial charge in [0.05, 0.1) is 4.90 Å². The molecule has 0 saturated carbocycles. The fourth-order valence-corrected chi connectivity index (χ4v) is 3.49. The second-order valence-corrected chi connectivity index (χ2v) is 6.27. The number of halogens is 2. The molecule has 0 aromatic heterocycles. The lowest BCUT2D eigenvalue weighted by Gasteiger charge is -2.08. The van der Waals surface area contributed by atoms with Crippen LogP contribution in [0.15, 0.2) is 27.6 Å². The van der Waals surface area contributed by atoms with Gasteiger partial charge in [-0.15, -0.1) is 0 Å². The number of sulfonamides is 1. The van der Waals surface area contributed by atoms with Crippen LogP contribution in [-0.4, -0.2) is 28.1 Å². The van der Waals surface area contributed by atoms with Crippen molar-refractivity contribution < 1.29 is 12.8 Å². The Kier molecular flexibility index (Phi) is 6.20. The predicted octanol–water partition coefficient (Wildman–Crippen LogP) is 1.87. The van der Waals surface area contributed by atoms with E-state index >= 15 is 0 Å². The van der Waals surface area contributed by atoms with Crippen molar-refractivity contribution in [3.8, 4) is 0 Å². The largest absolute Gasteiger partial charge is 0.317 e. The second-order valence-electron chi connectivity index (χ2n) is 3.68. The summed E-state index contributed by atoms with van der Waals surface area (Å²) < 4.78 is 39.4. The first-order chi connectivity index (χ1) is 8.47. The average Bonchev–Trinajstić information content (AvgIpc) is 2.28. The smallest absolute Gasteiger partial charge is 0.241 e. The molecule has 0 aliphatic carbocycles. The Hall–Kier alpha value is -0.500. The minimum Gasteiger partial charge on any atom is -0.317 e. The Balaban J connectivity index is 2.63. The number of hydrogen-bond acceptors (Lipinski definition) is 3. The van der Waals surface area contributed by atoms with Crippen molar-refractivity contribution in [2.75, 3.05) is 19.6 Å². The molecule has 0 amide bonds. The van der Waals surface area contributed by atoms with Gasteiger partial charge in [-0.25, -0.2) is 17.5 Å². The van der Waals surface area contributed by atoms with Crippen molar-refractivity contribution in [3.63, 3.8) is 0 Å². The van der Waals surface area contributed by atoms with Crippen molar-refractivity contribution >= 4 is 26.0 Å². The summed E-state index contributed by atoms with van der Waals surface area (Å²) in [4.78, 5) is 0.0485. The normalized spacial score (nSPS) is 11.7. The summed E-state index contributed by atoms with van der Waals surface area (Å²) >= 11 is 3.05. The van der Waals surface area contributed by atoms with Crippen LogP contribution in [0.3, 0.4) is 0 Å². The van der Waals surface area contributed by atoms with Crippen molar-refractivity contribution in [3.05, 3.63) is 28.5 Å². The minimum absolute atomic E-state index is 0.0485. The van der Waals surface area contributed by atoms with Gasteiger partial charge >= 0.3 is 0 Å². The van der Waals surface area contributed by atoms with Crippen LogP contribution in [-0.2, 0) is 10.0 Å². The molecule has 0 radical (unpaired) electrons. The fraction of sp³-hybridized carbons (Fsp3) is 0.455. The van der Waals surface area contributed by atoms with Gasteiger partial charge in [0.1, 0.15) is 5.82 Å². The lowest BCUT2D eigenvalue weighted by atomic mass is 10.3. The number of rotatable bonds is 7. The molecule has 1 rings (SSSR count). The van der Waals surface area contributed by atoms with E-state index in [2.05, 4.69) is 26.0 Å². The molecule has 0 saturated heterocycles. The maximum absolute atomic E-state index is 12.9. The maximum Gasteiger partial charge on any atom is 0.241 e. The van der Waals surface area contributed by atoms with Gasteiger partial charge in [-0.1, -0.05) is 6.92 Å². The third-order valence-electron chi connectivity index (χ3n) is 2.26. The van der Waals surface area contributed by atoms with Crippen LogP contribution in [0, 0.1) is 5.82 Å². The van der Waals surface area contributed by atoms with E-state index in [0.717, 1.165) is 25.2 Å². The molecule has 4 nitrogen and oxygen atoms in total. The van der Waals surface area contributed by atoms with Gasteiger partial charge in [-0.2, -0.15) is 0 Å². The summed E-state index contributed by atoms with van der Waals surface area (Å²) in [5, 5.41) is 3.10. The number of benzene rings is 1. The Bertz CT molecular complexity index is 494. The molecule has 0 heterocycles. The first-order valence-electron chi connectivity index (χ1n) is 5.63. The predicted molar refractivity (Wildman–Crippen MR) is 72.4 cm³/mol. The molecule has 0 spiro atoms. The van der Waals surface area contributed by atoms with Gasteiger partial charge in [-0.05, 0) is 53.6 Å². The van der Waals surface area contributed by atoms with Crippen molar-refractivity contribution in [2.45, 2.75) is 18.2 Å². The zero-order chi connectivity index (χ0) is 13.6. The Morgan fingerprint density at radius 3 is 2.67 bits per heavy atom. The highest BCUT2D eigenvalue weighted by Gasteiger charge is 2.17. The van der Waals surface area contributed by atoms with E-state index in [1.54, 1.807) is 0 Å². The lowest BCUT2D eigenvalue weighted by molar-refractivity contribution is 0.574. The molecule has 18 heavy (non-hydrogen) atoms. The standard InChI is InChI=1S/C11H16BrFN2O2S/c1-2-14-6-3-7-15-18(16,17)11-5-4-9(13)8-10(11)12/h4-5,8,14-15H,2-3,6-7H2,1H3. The molecule has 102 valence electrons. The number of hydrogen-bond donors (Lipinski definition) is 2. The summed E-state index contributed by atoms with van der Waals surface area (Å²) in [5.41, 5.74) is 0. The first kappa shape index (κ1) is 15.6. The SMILES string of the molecule is CCNCCCNS(=O)(=O)c1ccc(F)cc1Br. The van der Waals surface area contributed by atoms with E-state index in [1.807, 2.05) is 6.92 Å². The van der Waals surface area contributed by atoms with Crippen molar-refractivity contribution in [1.82, 2.24) is 10.0 Å². The monoisotopic (exact) mass is 338 g/mol. The molecular weight excluding hydrogens is 323 g/mol. The van der Waals surface area contributed by atoms with Gasteiger partial charge in [0.2, 0.25) is 10.0 Å². The van der Waals surface area contributed by atoms with Crippen LogP contribution in [0.4, 0.5) is 4.39 Å². The zero-order valence-corrected chi connectivity index (χ0v) is 12.4.